The number of rotatable bonds is 74. The lowest BCUT2D eigenvalue weighted by Crippen LogP contribution is -2.30. The lowest BCUT2D eigenvalue weighted by atomic mass is 10.1. The first kappa shape index (κ1) is 97.5. The van der Waals surface area contributed by atoms with Crippen LogP contribution in [0.1, 0.15) is 323 Å². The number of aliphatic hydroxyl groups excluding tert-OH is 1. The van der Waals surface area contributed by atoms with Crippen molar-refractivity contribution in [3.8, 4) is 0 Å². The second kappa shape index (κ2) is 74.7. The summed E-state index contributed by atoms with van der Waals surface area (Å²) in [5, 5.41) is 10.6. The summed E-state index contributed by atoms with van der Waals surface area (Å²) < 4.78 is 68.6. The zero-order chi connectivity index (χ0) is 74.6. The van der Waals surface area contributed by atoms with E-state index in [1.807, 2.05) is 0 Å². The summed E-state index contributed by atoms with van der Waals surface area (Å²) in [6.45, 7) is 4.60. The lowest BCUT2D eigenvalue weighted by Gasteiger charge is -2.21. The summed E-state index contributed by atoms with van der Waals surface area (Å²) in [5.74, 6) is -2.23. The van der Waals surface area contributed by atoms with Gasteiger partial charge in [-0.2, -0.15) is 0 Å². The van der Waals surface area contributed by atoms with E-state index < -0.39 is 97.5 Å². The van der Waals surface area contributed by atoms with Gasteiger partial charge in [-0.05, 0) is 154 Å². The summed E-state index contributed by atoms with van der Waals surface area (Å²) in [4.78, 5) is 73.0. The molecule has 19 heteroatoms. The van der Waals surface area contributed by atoms with E-state index in [0.29, 0.717) is 25.7 Å². The van der Waals surface area contributed by atoms with Crippen LogP contribution in [-0.4, -0.2) is 96.7 Å². The van der Waals surface area contributed by atoms with Crippen LogP contribution in [0.5, 0.6) is 0 Å². The van der Waals surface area contributed by atoms with Crippen molar-refractivity contribution in [2.45, 2.75) is 341 Å². The third-order valence-corrected chi connectivity index (χ3v) is 18.3. The third kappa shape index (κ3) is 73.8. The van der Waals surface area contributed by atoms with Gasteiger partial charge in [-0.15, -0.1) is 0 Å². The van der Waals surface area contributed by atoms with E-state index in [1.165, 1.54) is 38.5 Å². The quantitative estimate of drug-likeness (QED) is 0.0169. The highest BCUT2D eigenvalue weighted by molar-refractivity contribution is 7.47. The maximum absolute atomic E-state index is 13.1. The number of hydrogen-bond donors (Lipinski definition) is 3. The van der Waals surface area contributed by atoms with E-state index in [1.54, 1.807) is 0 Å². The predicted molar refractivity (Wildman–Crippen MR) is 418 cm³/mol. The van der Waals surface area contributed by atoms with Gasteiger partial charge in [0.1, 0.15) is 19.3 Å². The van der Waals surface area contributed by atoms with Gasteiger partial charge >= 0.3 is 39.5 Å². The van der Waals surface area contributed by atoms with E-state index in [4.69, 9.17) is 37.0 Å². The maximum Gasteiger partial charge on any atom is 0.472 e. The minimum atomic E-state index is -4.99. The molecule has 0 aliphatic heterocycles. The van der Waals surface area contributed by atoms with E-state index in [2.05, 4.69) is 149 Å². The molecule has 0 fully saturated rings. The largest absolute Gasteiger partial charge is 0.472 e. The first-order valence-corrected chi connectivity index (χ1v) is 42.8. The number of carbonyl (C=O) groups is 4. The Bertz CT molecular complexity index is 2410. The molecule has 0 aromatic rings. The summed E-state index contributed by atoms with van der Waals surface area (Å²) in [6.07, 6.45) is 81.7. The molecule has 0 aromatic carbocycles. The molecular weight excluding hydrogens is 1330 g/mol. The second-order valence-corrected chi connectivity index (χ2v) is 29.2. The number of hydrogen-bond acceptors (Lipinski definition) is 15. The number of ether oxygens (including phenoxy) is 4. The number of phosphoric acid groups is 2. The van der Waals surface area contributed by atoms with Crippen LogP contribution in [0.15, 0.2) is 122 Å². The zero-order valence-corrected chi connectivity index (χ0v) is 65.8. The normalized spacial score (nSPS) is 14.5. The molecule has 3 N–H and O–H groups in total. The Morgan fingerprint density at radius 2 is 0.529 bits per heavy atom. The number of unbranched alkanes of at least 4 members (excludes halogenated alkanes) is 28. The van der Waals surface area contributed by atoms with Crippen LogP contribution >= 0.6 is 15.6 Å². The van der Waals surface area contributed by atoms with Crippen molar-refractivity contribution in [1.29, 1.82) is 0 Å². The average molecular weight is 1470 g/mol. The van der Waals surface area contributed by atoms with Crippen LogP contribution in [0.4, 0.5) is 0 Å². The minimum Gasteiger partial charge on any atom is -0.462 e. The minimum absolute atomic E-state index is 0.0731. The molecule has 102 heavy (non-hydrogen) atoms. The standard InChI is InChI=1S/C83H142O17P2/c1-5-9-13-17-21-25-29-33-36-37-38-39-42-45-48-52-56-60-64-68-81(86)94-74-79(100-83(88)70-66-62-58-54-50-46-41-35-31-27-23-19-15-11-7-3)76-98-102(91,92)96-72-77(84)71-95-101(89,90)97-75-78(99-82(87)69-65-61-57-53-49-43-32-28-24-20-16-12-8-4)73-93-80(85)67-63-59-55-51-47-44-40-34-30-26-22-18-14-10-6-2/h9,13,16,20-23,25-28,32-36,38-41,77-79,84H,5-8,10-12,14-15,17-19,24,29-31,37,42-76H2,1-4H3,(H,89,90)(H,91,92)/b13-9-,20-16-,25-21-,26-22-,27-23-,32-28-,36-33-,39-38-,40-34-,41-35-. The van der Waals surface area contributed by atoms with E-state index in [0.717, 1.165) is 205 Å². The summed E-state index contributed by atoms with van der Waals surface area (Å²) in [6, 6.07) is 0. The van der Waals surface area contributed by atoms with Crippen LogP contribution in [0, 0.1) is 0 Å². The third-order valence-electron chi connectivity index (χ3n) is 16.4. The monoisotopic (exact) mass is 1470 g/mol. The van der Waals surface area contributed by atoms with E-state index in [-0.39, 0.29) is 25.7 Å². The molecule has 0 bridgehead atoms. The van der Waals surface area contributed by atoms with Crippen LogP contribution < -0.4 is 0 Å². The molecule has 5 unspecified atom stereocenters. The Morgan fingerprint density at radius 1 is 0.284 bits per heavy atom. The van der Waals surface area contributed by atoms with Crippen molar-refractivity contribution in [2.75, 3.05) is 39.6 Å². The highest BCUT2D eigenvalue weighted by atomic mass is 31.2. The fraction of sp³-hybridized carbons (Fsp3) is 0.711. The van der Waals surface area contributed by atoms with Crippen LogP contribution in [-0.2, 0) is 65.4 Å². The lowest BCUT2D eigenvalue weighted by molar-refractivity contribution is -0.161. The molecule has 0 amide bonds. The SMILES string of the molecule is CC/C=C\C/C=C\C/C=C\C/C=C\CCCCCCCCC(=O)OCC(COP(=O)(O)OCC(O)COP(=O)(O)OCC(COC(=O)CCCCCCC/C=C\C/C=C\CCCCC)OC(=O)CCCCCCC/C=C\C/C=C\CCC)OC(=O)CCCCCCC/C=C\C/C=C\CCCCC. The molecule has 0 spiro atoms. The number of allylic oxidation sites excluding steroid dienone is 20. The molecular formula is C83H142O17P2. The number of esters is 4. The van der Waals surface area contributed by atoms with Gasteiger partial charge in [0.2, 0.25) is 0 Å². The summed E-state index contributed by atoms with van der Waals surface area (Å²) >= 11 is 0. The average Bonchev–Trinajstić information content (AvgIpc) is 0.924. The van der Waals surface area contributed by atoms with Crippen LogP contribution in [0.2, 0.25) is 0 Å². The van der Waals surface area contributed by atoms with Crippen molar-refractivity contribution in [2.24, 2.45) is 0 Å². The summed E-state index contributed by atoms with van der Waals surface area (Å²) in [7, 11) is -9.97. The molecule has 586 valence electrons. The Hall–Kier alpha value is -4.54. The molecule has 0 aliphatic rings. The van der Waals surface area contributed by atoms with Gasteiger partial charge in [-0.1, -0.05) is 265 Å². The van der Waals surface area contributed by atoms with Crippen molar-refractivity contribution < 1.29 is 80.2 Å². The highest BCUT2D eigenvalue weighted by Gasteiger charge is 2.30. The van der Waals surface area contributed by atoms with Gasteiger partial charge < -0.3 is 33.8 Å². The molecule has 0 aromatic heterocycles. The first-order chi connectivity index (χ1) is 49.7. The van der Waals surface area contributed by atoms with Gasteiger partial charge in [-0.3, -0.25) is 37.3 Å². The first-order valence-electron chi connectivity index (χ1n) is 39.8. The predicted octanol–water partition coefficient (Wildman–Crippen LogP) is 23.1. The number of phosphoric ester groups is 2. The van der Waals surface area contributed by atoms with Gasteiger partial charge in [0.05, 0.1) is 26.4 Å². The fourth-order valence-electron chi connectivity index (χ4n) is 10.3. The van der Waals surface area contributed by atoms with Gasteiger partial charge in [-0.25, -0.2) is 9.13 Å². The molecule has 0 saturated heterocycles. The topological polar surface area (TPSA) is 237 Å². The van der Waals surface area contributed by atoms with Crippen LogP contribution in [0.25, 0.3) is 0 Å². The molecule has 17 nitrogen and oxygen atoms in total. The van der Waals surface area contributed by atoms with Gasteiger partial charge in [0.15, 0.2) is 12.2 Å². The molecule has 0 aliphatic carbocycles. The molecule has 0 radical (unpaired) electrons. The number of carbonyl (C=O) groups excluding carboxylic acids is 4. The number of aliphatic hydroxyl groups is 1. The van der Waals surface area contributed by atoms with Crippen molar-refractivity contribution in [3.05, 3.63) is 122 Å². The Kier molecular flexibility index (Phi) is 71.4. The summed E-state index contributed by atoms with van der Waals surface area (Å²) in [5.41, 5.74) is 0. The smallest absolute Gasteiger partial charge is 0.462 e. The van der Waals surface area contributed by atoms with E-state index in [9.17, 15) is 43.2 Å². The van der Waals surface area contributed by atoms with Gasteiger partial charge in [0, 0.05) is 25.7 Å². The maximum atomic E-state index is 13.1. The molecule has 5 atom stereocenters. The molecule has 0 heterocycles. The Labute approximate surface area is 619 Å². The second-order valence-electron chi connectivity index (χ2n) is 26.3. The van der Waals surface area contributed by atoms with Crippen molar-refractivity contribution >= 4 is 39.5 Å². The molecule has 0 rings (SSSR count). The van der Waals surface area contributed by atoms with Gasteiger partial charge in [0.25, 0.3) is 0 Å². The Morgan fingerprint density at radius 3 is 0.824 bits per heavy atom. The molecule has 0 saturated carbocycles. The Balaban J connectivity index is 5.38. The van der Waals surface area contributed by atoms with E-state index >= 15 is 0 Å². The fourth-order valence-corrected chi connectivity index (χ4v) is 11.9. The highest BCUT2D eigenvalue weighted by Crippen LogP contribution is 2.45. The van der Waals surface area contributed by atoms with Crippen molar-refractivity contribution in [1.82, 2.24) is 0 Å². The van der Waals surface area contributed by atoms with Crippen molar-refractivity contribution in [3.63, 3.8) is 0 Å². The van der Waals surface area contributed by atoms with Crippen LogP contribution in [0.3, 0.4) is 0 Å². The zero-order valence-electron chi connectivity index (χ0n) is 64.0.